The Balaban J connectivity index is 1.75. The molecule has 0 amide bonds. The van der Waals surface area contributed by atoms with Crippen molar-refractivity contribution in [1.82, 2.24) is 14.9 Å². The molecule has 1 saturated carbocycles. The molecule has 1 aliphatic rings. The van der Waals surface area contributed by atoms with E-state index in [0.717, 1.165) is 44.6 Å². The van der Waals surface area contributed by atoms with Crippen molar-refractivity contribution in [3.63, 3.8) is 0 Å². The Morgan fingerprint density at radius 1 is 1.44 bits per heavy atom. The molecule has 1 heterocycles. The van der Waals surface area contributed by atoms with Crippen LogP contribution in [0.15, 0.2) is 6.20 Å². The second-order valence-electron chi connectivity index (χ2n) is 5.07. The highest BCUT2D eigenvalue weighted by molar-refractivity contribution is 5.05. The van der Waals surface area contributed by atoms with Crippen molar-refractivity contribution in [3.8, 4) is 0 Å². The zero-order valence-corrected chi connectivity index (χ0v) is 11.6. The van der Waals surface area contributed by atoms with Crippen molar-refractivity contribution in [2.45, 2.75) is 58.7 Å². The first kappa shape index (κ1) is 13.6. The van der Waals surface area contributed by atoms with E-state index in [0.29, 0.717) is 0 Å². The smallest absolute Gasteiger partial charge is 0.105 e. The Morgan fingerprint density at radius 2 is 2.28 bits per heavy atom. The lowest BCUT2D eigenvalue weighted by atomic mass is 10.4. The van der Waals surface area contributed by atoms with Gasteiger partial charge in [-0.3, -0.25) is 0 Å². The highest BCUT2D eigenvalue weighted by Gasteiger charge is 2.20. The van der Waals surface area contributed by atoms with Crippen LogP contribution in [-0.2, 0) is 17.8 Å². The van der Waals surface area contributed by atoms with Crippen molar-refractivity contribution in [1.29, 1.82) is 0 Å². The summed E-state index contributed by atoms with van der Waals surface area (Å²) in [6.07, 6.45) is 6.98. The van der Waals surface area contributed by atoms with E-state index < -0.39 is 0 Å². The largest absolute Gasteiger partial charge is 0.380 e. The summed E-state index contributed by atoms with van der Waals surface area (Å²) in [5, 5.41) is 3.54. The van der Waals surface area contributed by atoms with Gasteiger partial charge in [-0.15, -0.1) is 0 Å². The first-order valence-electron chi connectivity index (χ1n) is 7.13. The van der Waals surface area contributed by atoms with E-state index >= 15 is 0 Å². The van der Waals surface area contributed by atoms with E-state index in [1.807, 2.05) is 6.20 Å². The van der Waals surface area contributed by atoms with Crippen molar-refractivity contribution >= 4 is 0 Å². The van der Waals surface area contributed by atoms with Crippen LogP contribution in [0.4, 0.5) is 0 Å². The molecule has 0 saturated heterocycles. The van der Waals surface area contributed by atoms with Gasteiger partial charge in [0, 0.05) is 31.9 Å². The Kier molecular flexibility index (Phi) is 5.20. The Morgan fingerprint density at radius 3 is 3.00 bits per heavy atom. The molecule has 1 fully saturated rings. The van der Waals surface area contributed by atoms with Crippen LogP contribution in [0.1, 0.15) is 44.1 Å². The highest BCUT2D eigenvalue weighted by Crippen LogP contribution is 2.19. The molecule has 1 aromatic heterocycles. The molecule has 1 aliphatic carbocycles. The number of ether oxygens (including phenoxy) is 1. The molecule has 1 aromatic rings. The number of unbranched alkanes of at least 4 members (excludes halogenated alkanes) is 1. The molecule has 0 aliphatic heterocycles. The molecule has 4 nitrogen and oxygen atoms in total. The molecule has 1 N–H and O–H groups in total. The van der Waals surface area contributed by atoms with Crippen LogP contribution in [0.3, 0.4) is 0 Å². The summed E-state index contributed by atoms with van der Waals surface area (Å²) in [4.78, 5) is 4.40. The standard InChI is InChI=1S/C14H25N3O/c1-3-4-8-18-9-7-17-12(2)15-10-14(17)11-16-13-5-6-13/h10,13,16H,3-9,11H2,1-2H3. The number of hydrogen-bond donors (Lipinski definition) is 1. The third-order valence-corrected chi connectivity index (χ3v) is 3.39. The second kappa shape index (κ2) is 6.90. The first-order chi connectivity index (χ1) is 8.81. The average Bonchev–Trinajstić information content (AvgIpc) is 3.13. The van der Waals surface area contributed by atoms with E-state index in [1.54, 1.807) is 0 Å². The maximum atomic E-state index is 5.63. The fourth-order valence-corrected chi connectivity index (χ4v) is 2.00. The first-order valence-corrected chi connectivity index (χ1v) is 7.13. The zero-order chi connectivity index (χ0) is 12.8. The minimum atomic E-state index is 0.745. The Hall–Kier alpha value is -0.870. The van der Waals surface area contributed by atoms with Crippen molar-refractivity contribution in [2.24, 2.45) is 0 Å². The summed E-state index contributed by atoms with van der Waals surface area (Å²) in [6.45, 7) is 7.75. The maximum Gasteiger partial charge on any atom is 0.105 e. The van der Waals surface area contributed by atoms with E-state index in [4.69, 9.17) is 4.74 Å². The van der Waals surface area contributed by atoms with Gasteiger partial charge in [0.1, 0.15) is 5.82 Å². The summed E-state index contributed by atoms with van der Waals surface area (Å²) in [5.41, 5.74) is 1.28. The summed E-state index contributed by atoms with van der Waals surface area (Å²) < 4.78 is 7.89. The number of nitrogens with one attached hydrogen (secondary N) is 1. The molecule has 4 heteroatoms. The lowest BCUT2D eigenvalue weighted by Gasteiger charge is -2.11. The number of rotatable bonds is 9. The molecule has 102 valence electrons. The van der Waals surface area contributed by atoms with Crippen LogP contribution in [0.5, 0.6) is 0 Å². The second-order valence-corrected chi connectivity index (χ2v) is 5.07. The van der Waals surface area contributed by atoms with Crippen LogP contribution in [-0.4, -0.2) is 28.8 Å². The Bertz CT molecular complexity index is 358. The fourth-order valence-electron chi connectivity index (χ4n) is 2.00. The molecular formula is C14H25N3O. The third-order valence-electron chi connectivity index (χ3n) is 3.39. The van der Waals surface area contributed by atoms with Gasteiger partial charge in [-0.25, -0.2) is 4.98 Å². The number of aryl methyl sites for hydroxylation is 1. The van der Waals surface area contributed by atoms with Gasteiger partial charge >= 0.3 is 0 Å². The SMILES string of the molecule is CCCCOCCn1c(CNC2CC2)cnc1C. The topological polar surface area (TPSA) is 39.1 Å². The Labute approximate surface area is 110 Å². The molecule has 0 unspecified atom stereocenters. The molecule has 0 aromatic carbocycles. The lowest BCUT2D eigenvalue weighted by molar-refractivity contribution is 0.122. The summed E-state index contributed by atoms with van der Waals surface area (Å²) in [7, 11) is 0. The third kappa shape index (κ3) is 4.10. The number of aromatic nitrogens is 2. The molecule has 0 spiro atoms. The number of imidazole rings is 1. The van der Waals surface area contributed by atoms with E-state index in [1.165, 1.54) is 25.0 Å². The minimum Gasteiger partial charge on any atom is -0.380 e. The van der Waals surface area contributed by atoms with Gasteiger partial charge < -0.3 is 14.6 Å². The number of hydrogen-bond acceptors (Lipinski definition) is 3. The predicted octanol–water partition coefficient (Wildman–Crippen LogP) is 2.26. The van der Waals surface area contributed by atoms with E-state index in [2.05, 4.69) is 28.7 Å². The van der Waals surface area contributed by atoms with Gasteiger partial charge in [0.25, 0.3) is 0 Å². The molecule has 18 heavy (non-hydrogen) atoms. The summed E-state index contributed by atoms with van der Waals surface area (Å²) in [6, 6.07) is 0.745. The molecule has 2 rings (SSSR count). The van der Waals surface area contributed by atoms with E-state index in [9.17, 15) is 0 Å². The van der Waals surface area contributed by atoms with Crippen LogP contribution >= 0.6 is 0 Å². The monoisotopic (exact) mass is 251 g/mol. The molecule has 0 radical (unpaired) electrons. The average molecular weight is 251 g/mol. The summed E-state index contributed by atoms with van der Waals surface area (Å²) in [5.74, 6) is 1.08. The van der Waals surface area contributed by atoms with Gasteiger partial charge in [0.2, 0.25) is 0 Å². The van der Waals surface area contributed by atoms with Crippen molar-refractivity contribution < 1.29 is 4.74 Å². The fraction of sp³-hybridized carbons (Fsp3) is 0.786. The number of nitrogens with zero attached hydrogens (tertiary/aromatic N) is 2. The van der Waals surface area contributed by atoms with Gasteiger partial charge in [0.15, 0.2) is 0 Å². The summed E-state index contributed by atoms with van der Waals surface area (Å²) >= 11 is 0. The highest BCUT2D eigenvalue weighted by atomic mass is 16.5. The van der Waals surface area contributed by atoms with Gasteiger partial charge in [-0.1, -0.05) is 13.3 Å². The van der Waals surface area contributed by atoms with Gasteiger partial charge in [-0.2, -0.15) is 0 Å². The quantitative estimate of drug-likeness (QED) is 0.684. The zero-order valence-electron chi connectivity index (χ0n) is 11.6. The normalized spacial score (nSPS) is 15.2. The lowest BCUT2D eigenvalue weighted by Crippen LogP contribution is -2.19. The van der Waals surface area contributed by atoms with Crippen LogP contribution in [0, 0.1) is 6.92 Å². The van der Waals surface area contributed by atoms with Gasteiger partial charge in [0.05, 0.1) is 12.3 Å². The van der Waals surface area contributed by atoms with Gasteiger partial charge in [-0.05, 0) is 26.2 Å². The van der Waals surface area contributed by atoms with Crippen molar-refractivity contribution in [3.05, 3.63) is 17.7 Å². The van der Waals surface area contributed by atoms with Crippen LogP contribution < -0.4 is 5.32 Å². The molecule has 0 bridgehead atoms. The molecule has 0 atom stereocenters. The van der Waals surface area contributed by atoms with Crippen LogP contribution in [0.2, 0.25) is 0 Å². The maximum absolute atomic E-state index is 5.63. The van der Waals surface area contributed by atoms with Crippen molar-refractivity contribution in [2.75, 3.05) is 13.2 Å². The molecular weight excluding hydrogens is 226 g/mol. The van der Waals surface area contributed by atoms with E-state index in [-0.39, 0.29) is 0 Å². The predicted molar refractivity (Wildman–Crippen MR) is 72.6 cm³/mol. The van der Waals surface area contributed by atoms with Crippen LogP contribution in [0.25, 0.3) is 0 Å². The minimum absolute atomic E-state index is 0.745.